The molecule has 0 fully saturated rings. The van der Waals surface area contributed by atoms with Crippen LogP contribution in [0, 0.1) is 0 Å². The van der Waals surface area contributed by atoms with Gasteiger partial charge in [-0.3, -0.25) is 4.79 Å². The lowest BCUT2D eigenvalue weighted by molar-refractivity contribution is 0.0593. The normalized spacial score (nSPS) is 10.7. The van der Waals surface area contributed by atoms with Gasteiger partial charge in [0.05, 0.1) is 38.3 Å². The molecule has 8 heteroatoms. The quantitative estimate of drug-likeness (QED) is 0.453. The minimum atomic E-state index is -0.574. The monoisotopic (exact) mass is 445 g/mol. The van der Waals surface area contributed by atoms with Crippen molar-refractivity contribution < 1.29 is 23.8 Å². The number of ether oxygens (including phenoxy) is 3. The zero-order valence-electron chi connectivity index (χ0n) is 18.7. The number of aromatic nitrogens is 2. The second-order valence-corrected chi connectivity index (χ2v) is 7.11. The fraction of sp³-hybridized carbons (Fsp3) is 0.160. The van der Waals surface area contributed by atoms with E-state index in [1.165, 1.54) is 7.11 Å². The molecule has 1 heterocycles. The summed E-state index contributed by atoms with van der Waals surface area (Å²) in [7, 11) is 6.02. The van der Waals surface area contributed by atoms with Gasteiger partial charge in [0.25, 0.3) is 5.91 Å². The maximum atomic E-state index is 12.4. The van der Waals surface area contributed by atoms with E-state index in [1.54, 1.807) is 56.3 Å². The Labute approximate surface area is 190 Å². The lowest BCUT2D eigenvalue weighted by atomic mass is 10.0. The fourth-order valence-electron chi connectivity index (χ4n) is 3.85. The molecule has 0 aliphatic heterocycles. The van der Waals surface area contributed by atoms with Crippen molar-refractivity contribution >= 4 is 22.6 Å². The van der Waals surface area contributed by atoms with Crippen molar-refractivity contribution in [1.29, 1.82) is 0 Å². The van der Waals surface area contributed by atoms with Crippen LogP contribution < -0.4 is 14.8 Å². The van der Waals surface area contributed by atoms with Crippen LogP contribution in [0.25, 0.3) is 27.7 Å². The summed E-state index contributed by atoms with van der Waals surface area (Å²) < 4.78 is 17.7. The van der Waals surface area contributed by atoms with Crippen LogP contribution in [0.1, 0.15) is 20.8 Å². The number of esters is 1. The molecule has 4 aromatic rings. The van der Waals surface area contributed by atoms with Gasteiger partial charge in [-0.15, -0.1) is 0 Å². The number of carbonyl (C=O) groups excluding carboxylic acids is 2. The SMILES string of the molecule is CNC(=O)c1ccc(-n2nc(C(=O)OC)cc2-c2c(OC)cccc2OC)c2ccccc12. The van der Waals surface area contributed by atoms with Crippen LogP contribution in [0.5, 0.6) is 11.5 Å². The second kappa shape index (κ2) is 9.04. The Hall–Kier alpha value is -4.33. The largest absolute Gasteiger partial charge is 0.496 e. The first-order valence-electron chi connectivity index (χ1n) is 10.2. The predicted octanol–water partition coefficient (Wildman–Crippen LogP) is 3.86. The third kappa shape index (κ3) is 3.76. The van der Waals surface area contributed by atoms with Crippen molar-refractivity contribution in [3.63, 3.8) is 0 Å². The van der Waals surface area contributed by atoms with E-state index in [9.17, 15) is 9.59 Å². The average Bonchev–Trinajstić information content (AvgIpc) is 3.31. The van der Waals surface area contributed by atoms with E-state index in [0.717, 1.165) is 10.8 Å². The maximum Gasteiger partial charge on any atom is 0.358 e. The van der Waals surface area contributed by atoms with Crippen molar-refractivity contribution in [2.45, 2.75) is 0 Å². The Morgan fingerprint density at radius 3 is 2.15 bits per heavy atom. The van der Waals surface area contributed by atoms with Crippen LogP contribution in [-0.2, 0) is 4.74 Å². The molecule has 0 saturated heterocycles. The third-order valence-electron chi connectivity index (χ3n) is 5.39. The van der Waals surface area contributed by atoms with Crippen molar-refractivity contribution in [3.8, 4) is 28.4 Å². The molecule has 0 aliphatic rings. The van der Waals surface area contributed by atoms with E-state index in [1.807, 2.05) is 30.3 Å². The van der Waals surface area contributed by atoms with Gasteiger partial charge in [-0.05, 0) is 35.7 Å². The summed E-state index contributed by atoms with van der Waals surface area (Å²) in [5.41, 5.74) is 2.54. The van der Waals surface area contributed by atoms with Gasteiger partial charge in [-0.25, -0.2) is 9.48 Å². The first kappa shape index (κ1) is 21.9. The van der Waals surface area contributed by atoms with Gasteiger partial charge >= 0.3 is 5.97 Å². The van der Waals surface area contributed by atoms with Gasteiger partial charge in [0, 0.05) is 18.0 Å². The Balaban J connectivity index is 2.07. The average molecular weight is 445 g/mol. The van der Waals surface area contributed by atoms with Crippen LogP contribution in [0.3, 0.4) is 0 Å². The van der Waals surface area contributed by atoms with Crippen molar-refractivity contribution in [2.75, 3.05) is 28.4 Å². The number of nitrogens with one attached hydrogen (secondary N) is 1. The highest BCUT2D eigenvalue weighted by atomic mass is 16.5. The van der Waals surface area contributed by atoms with Gasteiger partial charge in [0.15, 0.2) is 5.69 Å². The number of fused-ring (bicyclic) bond motifs is 1. The smallest absolute Gasteiger partial charge is 0.358 e. The minimum absolute atomic E-state index is 0.125. The Morgan fingerprint density at radius 2 is 1.55 bits per heavy atom. The van der Waals surface area contributed by atoms with Crippen molar-refractivity contribution in [3.05, 3.63) is 71.9 Å². The van der Waals surface area contributed by atoms with Crippen molar-refractivity contribution in [1.82, 2.24) is 15.1 Å². The van der Waals surface area contributed by atoms with Crippen molar-refractivity contribution in [2.24, 2.45) is 0 Å². The molecule has 0 saturated carbocycles. The van der Waals surface area contributed by atoms with E-state index < -0.39 is 5.97 Å². The highest BCUT2D eigenvalue weighted by Crippen LogP contribution is 2.40. The summed E-state index contributed by atoms with van der Waals surface area (Å²) >= 11 is 0. The third-order valence-corrected chi connectivity index (χ3v) is 5.39. The highest BCUT2D eigenvalue weighted by Gasteiger charge is 2.24. The molecule has 0 unspecified atom stereocenters. The van der Waals surface area contributed by atoms with Gasteiger partial charge in [-0.1, -0.05) is 30.3 Å². The zero-order valence-corrected chi connectivity index (χ0v) is 18.7. The van der Waals surface area contributed by atoms with Gasteiger partial charge in [-0.2, -0.15) is 5.10 Å². The lowest BCUT2D eigenvalue weighted by Gasteiger charge is -2.16. The van der Waals surface area contributed by atoms with Gasteiger partial charge in [0.2, 0.25) is 0 Å². The van der Waals surface area contributed by atoms with Crippen LogP contribution in [0.2, 0.25) is 0 Å². The van der Waals surface area contributed by atoms with Crippen LogP contribution >= 0.6 is 0 Å². The molecule has 1 amide bonds. The molecule has 3 aromatic carbocycles. The zero-order chi connectivity index (χ0) is 23.5. The number of amides is 1. The molecule has 1 N–H and O–H groups in total. The molecular formula is C25H23N3O5. The van der Waals surface area contributed by atoms with E-state index in [0.29, 0.717) is 34.0 Å². The number of hydrogen-bond donors (Lipinski definition) is 1. The van der Waals surface area contributed by atoms with E-state index in [2.05, 4.69) is 10.4 Å². The molecule has 168 valence electrons. The number of hydrogen-bond acceptors (Lipinski definition) is 6. The van der Waals surface area contributed by atoms with E-state index in [-0.39, 0.29) is 11.6 Å². The summed E-state index contributed by atoms with van der Waals surface area (Å²) in [5, 5.41) is 8.76. The summed E-state index contributed by atoms with van der Waals surface area (Å²) in [5.74, 6) is 0.339. The predicted molar refractivity (Wildman–Crippen MR) is 124 cm³/mol. The number of nitrogens with zero attached hydrogens (tertiary/aromatic N) is 2. The Morgan fingerprint density at radius 1 is 0.879 bits per heavy atom. The topological polar surface area (TPSA) is 91.7 Å². The molecule has 4 rings (SSSR count). The molecule has 33 heavy (non-hydrogen) atoms. The molecule has 0 aliphatic carbocycles. The molecule has 0 bridgehead atoms. The fourth-order valence-corrected chi connectivity index (χ4v) is 3.85. The number of rotatable bonds is 6. The number of benzene rings is 3. The van der Waals surface area contributed by atoms with Crippen LogP contribution in [0.4, 0.5) is 0 Å². The molecule has 0 spiro atoms. The maximum absolute atomic E-state index is 12.4. The van der Waals surface area contributed by atoms with E-state index in [4.69, 9.17) is 14.2 Å². The highest BCUT2D eigenvalue weighted by molar-refractivity contribution is 6.09. The molecule has 0 radical (unpaired) electrons. The second-order valence-electron chi connectivity index (χ2n) is 7.11. The number of methoxy groups -OCH3 is 3. The Bertz CT molecular complexity index is 1340. The number of carbonyl (C=O) groups is 2. The molecular weight excluding hydrogens is 422 g/mol. The van der Waals surface area contributed by atoms with Gasteiger partial charge < -0.3 is 19.5 Å². The summed E-state index contributed by atoms with van der Waals surface area (Å²) in [6.07, 6.45) is 0. The lowest BCUT2D eigenvalue weighted by Crippen LogP contribution is -2.18. The summed E-state index contributed by atoms with van der Waals surface area (Å²) in [4.78, 5) is 24.8. The van der Waals surface area contributed by atoms with Crippen LogP contribution in [-0.4, -0.2) is 50.0 Å². The molecule has 1 aromatic heterocycles. The summed E-state index contributed by atoms with van der Waals surface area (Å²) in [6, 6.07) is 18.1. The van der Waals surface area contributed by atoms with E-state index >= 15 is 0 Å². The Kier molecular flexibility index (Phi) is 5.99. The molecule has 8 nitrogen and oxygen atoms in total. The summed E-state index contributed by atoms with van der Waals surface area (Å²) in [6.45, 7) is 0. The standard InChI is InChI=1S/C25H23N3O5/c1-26-24(29)17-12-13-19(16-9-6-5-8-15(16)17)28-20(14-18(27-28)25(30)33-4)23-21(31-2)10-7-11-22(23)32-3/h5-14H,1-4H3,(H,26,29). The minimum Gasteiger partial charge on any atom is -0.496 e. The first-order chi connectivity index (χ1) is 16.0. The molecule has 0 atom stereocenters. The van der Waals surface area contributed by atoms with Crippen LogP contribution in [0.15, 0.2) is 60.7 Å². The first-order valence-corrected chi connectivity index (χ1v) is 10.2. The van der Waals surface area contributed by atoms with Gasteiger partial charge in [0.1, 0.15) is 11.5 Å².